The van der Waals surface area contributed by atoms with Crippen molar-refractivity contribution in [3.05, 3.63) is 71.3 Å². The molecule has 1 heterocycles. The molecule has 1 aromatic heterocycles. The normalized spacial score (nSPS) is 12.1. The number of oxime groups is 1. The van der Waals surface area contributed by atoms with Crippen LogP contribution in [0.15, 0.2) is 59.8 Å². The lowest BCUT2D eigenvalue weighted by atomic mass is 10.1. The number of amidine groups is 1. The molecule has 0 fully saturated rings. The van der Waals surface area contributed by atoms with Gasteiger partial charge in [-0.25, -0.2) is 4.98 Å². The Kier molecular flexibility index (Phi) is 3.93. The highest BCUT2D eigenvalue weighted by Gasteiger charge is 2.01. The van der Waals surface area contributed by atoms with Gasteiger partial charge in [-0.1, -0.05) is 59.8 Å². The number of pyridine rings is 1. The van der Waals surface area contributed by atoms with E-state index in [1.165, 1.54) is 0 Å². The number of nitrogens with two attached hydrogens (primary N) is 2. The molecule has 0 saturated carbocycles. The van der Waals surface area contributed by atoms with E-state index in [-0.39, 0.29) is 5.84 Å². The van der Waals surface area contributed by atoms with Crippen molar-refractivity contribution in [2.75, 3.05) is 5.73 Å². The van der Waals surface area contributed by atoms with Gasteiger partial charge < -0.3 is 16.7 Å². The van der Waals surface area contributed by atoms with E-state index >= 15 is 0 Å². The first-order valence-electron chi connectivity index (χ1n) is 7.08. The van der Waals surface area contributed by atoms with Crippen LogP contribution in [0.5, 0.6) is 0 Å². The van der Waals surface area contributed by atoms with Crippen molar-refractivity contribution >= 4 is 34.7 Å². The molecular weight excluding hydrogens is 288 g/mol. The molecular formula is C18H16N4O. The van der Waals surface area contributed by atoms with Gasteiger partial charge in [0.2, 0.25) is 0 Å². The van der Waals surface area contributed by atoms with E-state index in [0.717, 1.165) is 22.0 Å². The topological polar surface area (TPSA) is 97.5 Å². The summed E-state index contributed by atoms with van der Waals surface area (Å²) in [5, 5.41) is 12.7. The average Bonchev–Trinajstić information content (AvgIpc) is 2.59. The Morgan fingerprint density at radius 3 is 2.52 bits per heavy atom. The van der Waals surface area contributed by atoms with Crippen LogP contribution in [0.1, 0.15) is 16.7 Å². The lowest BCUT2D eigenvalue weighted by Gasteiger charge is -2.04. The molecule has 0 aliphatic carbocycles. The standard InChI is InChI=1S/C18H16N4O/c19-17-11-14(15-3-1-2-4-16(15)21-17)10-7-12-5-8-13(9-6-12)18(20)22-23/h1-11,23H,(H2,19,21)(H2,20,22)/b10-7+. The molecule has 0 aliphatic rings. The fourth-order valence-corrected chi connectivity index (χ4v) is 2.37. The number of benzene rings is 2. The van der Waals surface area contributed by atoms with Gasteiger partial charge in [0, 0.05) is 10.9 Å². The predicted octanol–water partition coefficient (Wildman–Crippen LogP) is 3.08. The smallest absolute Gasteiger partial charge is 0.170 e. The minimum Gasteiger partial charge on any atom is -0.409 e. The molecule has 23 heavy (non-hydrogen) atoms. The maximum atomic E-state index is 8.67. The van der Waals surface area contributed by atoms with E-state index in [1.54, 1.807) is 12.1 Å². The summed E-state index contributed by atoms with van der Waals surface area (Å²) in [5.74, 6) is 0.582. The Labute approximate surface area is 133 Å². The van der Waals surface area contributed by atoms with Gasteiger partial charge in [-0.05, 0) is 23.3 Å². The van der Waals surface area contributed by atoms with Gasteiger partial charge in [-0.2, -0.15) is 0 Å². The molecule has 0 aliphatic heterocycles. The third-order valence-corrected chi connectivity index (χ3v) is 3.54. The molecule has 3 rings (SSSR count). The summed E-state index contributed by atoms with van der Waals surface area (Å²) in [6.07, 6.45) is 3.98. The third-order valence-electron chi connectivity index (χ3n) is 3.54. The molecule has 3 aromatic rings. The quantitative estimate of drug-likeness (QED) is 0.300. The molecule has 0 spiro atoms. The first kappa shape index (κ1) is 14.6. The molecule has 0 unspecified atom stereocenters. The Morgan fingerprint density at radius 2 is 1.78 bits per heavy atom. The summed E-state index contributed by atoms with van der Waals surface area (Å²) in [6, 6.07) is 17.1. The highest BCUT2D eigenvalue weighted by molar-refractivity contribution is 5.97. The van der Waals surface area contributed by atoms with Crippen LogP contribution in [0, 0.1) is 0 Å². The van der Waals surface area contributed by atoms with Crippen molar-refractivity contribution in [3.63, 3.8) is 0 Å². The van der Waals surface area contributed by atoms with E-state index < -0.39 is 0 Å². The molecule has 0 radical (unpaired) electrons. The van der Waals surface area contributed by atoms with Gasteiger partial charge in [0.05, 0.1) is 5.52 Å². The monoisotopic (exact) mass is 304 g/mol. The highest BCUT2D eigenvalue weighted by atomic mass is 16.4. The summed E-state index contributed by atoms with van der Waals surface area (Å²) >= 11 is 0. The SMILES string of the molecule is NC(=NO)c1ccc(/C=C/c2cc(N)nc3ccccc23)cc1. The molecule has 2 aromatic carbocycles. The molecule has 5 heteroatoms. The van der Waals surface area contributed by atoms with E-state index in [4.69, 9.17) is 16.7 Å². The zero-order valence-corrected chi connectivity index (χ0v) is 12.3. The van der Waals surface area contributed by atoms with Crippen molar-refractivity contribution in [3.8, 4) is 0 Å². The second-order valence-corrected chi connectivity index (χ2v) is 5.09. The van der Waals surface area contributed by atoms with E-state index in [0.29, 0.717) is 11.4 Å². The van der Waals surface area contributed by atoms with Crippen molar-refractivity contribution < 1.29 is 5.21 Å². The van der Waals surface area contributed by atoms with Gasteiger partial charge in [-0.3, -0.25) is 0 Å². The molecule has 114 valence electrons. The third kappa shape index (κ3) is 3.13. The number of hydrogen-bond acceptors (Lipinski definition) is 4. The van der Waals surface area contributed by atoms with Crippen LogP contribution >= 0.6 is 0 Å². The van der Waals surface area contributed by atoms with Crippen LogP contribution in [-0.2, 0) is 0 Å². The average molecular weight is 304 g/mol. The minimum atomic E-state index is 0.0911. The van der Waals surface area contributed by atoms with Crippen LogP contribution < -0.4 is 11.5 Å². The Balaban J connectivity index is 1.94. The van der Waals surface area contributed by atoms with Gasteiger partial charge in [0.15, 0.2) is 5.84 Å². The van der Waals surface area contributed by atoms with E-state index in [9.17, 15) is 0 Å². The van der Waals surface area contributed by atoms with Crippen LogP contribution in [0.3, 0.4) is 0 Å². The number of hydrogen-bond donors (Lipinski definition) is 3. The first-order valence-corrected chi connectivity index (χ1v) is 7.08. The number of nitrogen functional groups attached to an aromatic ring is 1. The molecule has 5 N–H and O–H groups in total. The summed E-state index contributed by atoms with van der Waals surface area (Å²) in [6.45, 7) is 0. The van der Waals surface area contributed by atoms with Gasteiger partial charge in [0.25, 0.3) is 0 Å². The van der Waals surface area contributed by atoms with Gasteiger partial charge >= 0.3 is 0 Å². The number of para-hydroxylation sites is 1. The molecule has 0 bridgehead atoms. The fraction of sp³-hybridized carbons (Fsp3) is 0. The van der Waals surface area contributed by atoms with Crippen LogP contribution in [0.4, 0.5) is 5.82 Å². The zero-order valence-electron chi connectivity index (χ0n) is 12.3. The first-order chi connectivity index (χ1) is 11.2. The van der Waals surface area contributed by atoms with Crippen molar-refractivity contribution in [2.24, 2.45) is 10.9 Å². The van der Waals surface area contributed by atoms with Crippen LogP contribution in [0.2, 0.25) is 0 Å². The van der Waals surface area contributed by atoms with Crippen molar-refractivity contribution in [1.29, 1.82) is 0 Å². The van der Waals surface area contributed by atoms with Crippen LogP contribution in [-0.4, -0.2) is 16.0 Å². The predicted molar refractivity (Wildman–Crippen MR) is 94.0 cm³/mol. The maximum absolute atomic E-state index is 8.67. The number of nitrogens with zero attached hydrogens (tertiary/aromatic N) is 2. The van der Waals surface area contributed by atoms with Gasteiger partial charge in [-0.15, -0.1) is 0 Å². The lowest BCUT2D eigenvalue weighted by Crippen LogP contribution is -2.12. The number of fused-ring (bicyclic) bond motifs is 1. The minimum absolute atomic E-state index is 0.0911. The summed E-state index contributed by atoms with van der Waals surface area (Å²) in [5.41, 5.74) is 15.0. The Hall–Kier alpha value is -3.34. The molecule has 0 atom stereocenters. The molecule has 0 amide bonds. The van der Waals surface area contributed by atoms with Crippen molar-refractivity contribution in [2.45, 2.75) is 0 Å². The summed E-state index contributed by atoms with van der Waals surface area (Å²) in [4.78, 5) is 4.32. The number of anilines is 1. The Bertz CT molecular complexity index is 899. The van der Waals surface area contributed by atoms with E-state index in [2.05, 4.69) is 10.1 Å². The largest absolute Gasteiger partial charge is 0.409 e. The molecule has 5 nitrogen and oxygen atoms in total. The summed E-state index contributed by atoms with van der Waals surface area (Å²) < 4.78 is 0. The van der Waals surface area contributed by atoms with Crippen molar-refractivity contribution in [1.82, 2.24) is 4.98 Å². The highest BCUT2D eigenvalue weighted by Crippen LogP contribution is 2.21. The maximum Gasteiger partial charge on any atom is 0.170 e. The zero-order chi connectivity index (χ0) is 16.2. The lowest BCUT2D eigenvalue weighted by molar-refractivity contribution is 0.318. The van der Waals surface area contributed by atoms with Crippen LogP contribution in [0.25, 0.3) is 23.1 Å². The fourth-order valence-electron chi connectivity index (χ4n) is 2.37. The second-order valence-electron chi connectivity index (χ2n) is 5.09. The van der Waals surface area contributed by atoms with Gasteiger partial charge in [0.1, 0.15) is 5.82 Å². The second kappa shape index (κ2) is 6.19. The summed E-state index contributed by atoms with van der Waals surface area (Å²) in [7, 11) is 0. The molecule has 0 saturated heterocycles. The number of rotatable bonds is 3. The van der Waals surface area contributed by atoms with E-state index in [1.807, 2.05) is 54.6 Å². The Morgan fingerprint density at radius 1 is 1.04 bits per heavy atom. The number of aromatic nitrogens is 1.